The maximum absolute atomic E-state index is 11.4. The first-order valence-electron chi connectivity index (χ1n) is 4.95. The highest BCUT2D eigenvalue weighted by molar-refractivity contribution is 5.94. The molecule has 7 nitrogen and oxygen atoms in total. The Labute approximate surface area is 98.4 Å². The molecular weight excluding hydrogens is 224 g/mol. The molecule has 1 aromatic rings. The number of nitrogens with one attached hydrogen (secondary N) is 2. The van der Waals surface area contributed by atoms with Gasteiger partial charge in [-0.05, 0) is 12.1 Å². The Hall–Kier alpha value is -2.31. The summed E-state index contributed by atoms with van der Waals surface area (Å²) in [4.78, 5) is 25.8. The fourth-order valence-electron chi connectivity index (χ4n) is 1.19. The quantitative estimate of drug-likeness (QED) is 0.492. The summed E-state index contributed by atoms with van der Waals surface area (Å²) in [6.45, 7) is 0.746. The molecule has 0 aliphatic heterocycles. The van der Waals surface area contributed by atoms with E-state index in [0.717, 1.165) is 0 Å². The summed E-state index contributed by atoms with van der Waals surface area (Å²) in [5.41, 5.74) is 5.25. The number of hydrogen-bond acceptors (Lipinski definition) is 5. The number of carbonyl (C=O) groups is 2. The number of ether oxygens (including phenoxy) is 1. The van der Waals surface area contributed by atoms with Gasteiger partial charge in [0.1, 0.15) is 11.4 Å². The average molecular weight is 238 g/mol. The zero-order valence-corrected chi connectivity index (χ0v) is 9.40. The number of aromatic nitrogens is 1. The molecule has 0 radical (unpaired) electrons. The molecule has 0 aliphatic carbocycles. The van der Waals surface area contributed by atoms with Crippen molar-refractivity contribution in [1.82, 2.24) is 10.3 Å². The van der Waals surface area contributed by atoms with Crippen molar-refractivity contribution in [1.29, 1.82) is 0 Å². The minimum atomic E-state index is -0.596. The minimum Gasteiger partial charge on any atom is -0.465 e. The predicted molar refractivity (Wildman–Crippen MR) is 61.7 cm³/mol. The third kappa shape index (κ3) is 3.98. The number of amides is 2. The van der Waals surface area contributed by atoms with E-state index < -0.39 is 12.0 Å². The van der Waals surface area contributed by atoms with Crippen molar-refractivity contribution < 1.29 is 14.3 Å². The van der Waals surface area contributed by atoms with Crippen LogP contribution in [-0.2, 0) is 4.74 Å². The zero-order chi connectivity index (χ0) is 12.7. The molecule has 0 saturated carbocycles. The van der Waals surface area contributed by atoms with Crippen molar-refractivity contribution >= 4 is 17.8 Å². The Morgan fingerprint density at radius 2 is 2.24 bits per heavy atom. The Kier molecular flexibility index (Phi) is 4.74. The van der Waals surface area contributed by atoms with Crippen LogP contribution in [0.1, 0.15) is 10.4 Å². The lowest BCUT2D eigenvalue weighted by Crippen LogP contribution is -2.33. The van der Waals surface area contributed by atoms with E-state index in [0.29, 0.717) is 24.5 Å². The number of primary amides is 1. The first-order valence-corrected chi connectivity index (χ1v) is 4.95. The van der Waals surface area contributed by atoms with Crippen molar-refractivity contribution in [2.75, 3.05) is 25.5 Å². The van der Waals surface area contributed by atoms with Gasteiger partial charge in [0.25, 0.3) is 0 Å². The number of nitrogens with zero attached hydrogens (tertiary/aromatic N) is 1. The summed E-state index contributed by atoms with van der Waals surface area (Å²) in [5.74, 6) is -0.0610. The molecular formula is C10H14N4O3. The summed E-state index contributed by atoms with van der Waals surface area (Å²) < 4.78 is 4.61. The highest BCUT2D eigenvalue weighted by Gasteiger charge is 2.11. The molecule has 0 aliphatic rings. The molecule has 7 heteroatoms. The lowest BCUT2D eigenvalue weighted by atomic mass is 10.2. The fraction of sp³-hybridized carbons (Fsp3) is 0.300. The predicted octanol–water partition coefficient (Wildman–Crippen LogP) is -0.0516. The van der Waals surface area contributed by atoms with Crippen LogP contribution in [0.5, 0.6) is 0 Å². The lowest BCUT2D eigenvalue weighted by molar-refractivity contribution is 0.0601. The number of nitrogens with two attached hydrogens (primary N) is 1. The van der Waals surface area contributed by atoms with Gasteiger partial charge in [0.05, 0.1) is 7.11 Å². The van der Waals surface area contributed by atoms with Crippen LogP contribution in [0.15, 0.2) is 18.3 Å². The molecule has 0 unspecified atom stereocenters. The van der Waals surface area contributed by atoms with Gasteiger partial charge in [-0.15, -0.1) is 0 Å². The van der Waals surface area contributed by atoms with Gasteiger partial charge in [-0.1, -0.05) is 0 Å². The largest absolute Gasteiger partial charge is 0.465 e. The summed E-state index contributed by atoms with van der Waals surface area (Å²) in [6, 6.07) is 2.64. The van der Waals surface area contributed by atoms with Crippen LogP contribution >= 0.6 is 0 Å². The van der Waals surface area contributed by atoms with E-state index in [9.17, 15) is 9.59 Å². The van der Waals surface area contributed by atoms with Gasteiger partial charge in [0, 0.05) is 19.3 Å². The van der Waals surface area contributed by atoms with Crippen molar-refractivity contribution in [2.45, 2.75) is 0 Å². The standard InChI is InChI=1S/C10H14N4O3/c1-17-9(15)7-3-2-4-12-8(7)13-5-6-14-10(11)16/h2-4H,5-6H2,1H3,(H,12,13)(H3,11,14,16). The van der Waals surface area contributed by atoms with Crippen LogP contribution in [0.4, 0.5) is 10.6 Å². The Bertz CT molecular complexity index is 408. The molecule has 92 valence electrons. The van der Waals surface area contributed by atoms with E-state index >= 15 is 0 Å². The van der Waals surface area contributed by atoms with Crippen LogP contribution in [0.2, 0.25) is 0 Å². The van der Waals surface area contributed by atoms with Gasteiger partial charge in [-0.25, -0.2) is 14.6 Å². The first-order chi connectivity index (χ1) is 8.15. The maximum Gasteiger partial charge on any atom is 0.341 e. The van der Waals surface area contributed by atoms with Crippen molar-refractivity contribution in [3.63, 3.8) is 0 Å². The summed E-state index contributed by atoms with van der Waals surface area (Å²) in [7, 11) is 1.30. The second-order valence-electron chi connectivity index (χ2n) is 3.11. The molecule has 2 amide bonds. The van der Waals surface area contributed by atoms with E-state index in [1.54, 1.807) is 18.3 Å². The number of hydrogen-bond donors (Lipinski definition) is 3. The van der Waals surface area contributed by atoms with Crippen LogP contribution in [-0.4, -0.2) is 37.2 Å². The number of urea groups is 1. The lowest BCUT2D eigenvalue weighted by Gasteiger charge is -2.09. The third-order valence-corrected chi connectivity index (χ3v) is 1.93. The average Bonchev–Trinajstić information content (AvgIpc) is 2.34. The van der Waals surface area contributed by atoms with E-state index in [2.05, 4.69) is 20.4 Å². The number of methoxy groups -OCH3 is 1. The zero-order valence-electron chi connectivity index (χ0n) is 9.40. The molecule has 17 heavy (non-hydrogen) atoms. The van der Waals surface area contributed by atoms with Crippen LogP contribution in [0, 0.1) is 0 Å². The number of carbonyl (C=O) groups excluding carboxylic acids is 2. The van der Waals surface area contributed by atoms with E-state index in [-0.39, 0.29) is 0 Å². The van der Waals surface area contributed by atoms with Crippen LogP contribution in [0.25, 0.3) is 0 Å². The van der Waals surface area contributed by atoms with Gasteiger partial charge in [-0.3, -0.25) is 0 Å². The Morgan fingerprint density at radius 1 is 1.47 bits per heavy atom. The molecule has 1 heterocycles. The molecule has 1 aromatic heterocycles. The second kappa shape index (κ2) is 6.31. The van der Waals surface area contributed by atoms with Gasteiger partial charge in [-0.2, -0.15) is 0 Å². The second-order valence-corrected chi connectivity index (χ2v) is 3.11. The van der Waals surface area contributed by atoms with Gasteiger partial charge in [0.2, 0.25) is 0 Å². The first kappa shape index (κ1) is 12.8. The molecule has 0 fully saturated rings. The molecule has 1 rings (SSSR count). The molecule has 0 bridgehead atoms. The van der Waals surface area contributed by atoms with E-state index in [1.165, 1.54) is 7.11 Å². The molecule has 0 saturated heterocycles. The number of anilines is 1. The monoisotopic (exact) mass is 238 g/mol. The molecule has 0 aromatic carbocycles. The fourth-order valence-corrected chi connectivity index (χ4v) is 1.19. The van der Waals surface area contributed by atoms with Gasteiger partial charge >= 0.3 is 12.0 Å². The summed E-state index contributed by atoms with van der Waals surface area (Å²) >= 11 is 0. The third-order valence-electron chi connectivity index (χ3n) is 1.93. The SMILES string of the molecule is COC(=O)c1cccnc1NCCNC(N)=O. The van der Waals surface area contributed by atoms with Gasteiger partial charge < -0.3 is 21.1 Å². The van der Waals surface area contributed by atoms with Crippen molar-refractivity contribution in [2.24, 2.45) is 5.73 Å². The normalized spacial score (nSPS) is 9.47. The minimum absolute atomic E-state index is 0.340. The number of pyridine rings is 1. The highest BCUT2D eigenvalue weighted by atomic mass is 16.5. The summed E-state index contributed by atoms with van der Waals surface area (Å²) in [5, 5.41) is 5.31. The molecule has 0 spiro atoms. The Morgan fingerprint density at radius 3 is 2.88 bits per heavy atom. The van der Waals surface area contributed by atoms with Crippen molar-refractivity contribution in [3.8, 4) is 0 Å². The van der Waals surface area contributed by atoms with E-state index in [4.69, 9.17) is 5.73 Å². The van der Waals surface area contributed by atoms with E-state index in [1.807, 2.05) is 0 Å². The molecule has 4 N–H and O–H groups in total. The Balaban J connectivity index is 2.58. The molecule has 0 atom stereocenters. The van der Waals surface area contributed by atoms with Crippen molar-refractivity contribution in [3.05, 3.63) is 23.9 Å². The maximum atomic E-state index is 11.4. The summed E-state index contributed by atoms with van der Waals surface area (Å²) in [6.07, 6.45) is 1.55. The topological polar surface area (TPSA) is 106 Å². The number of rotatable bonds is 5. The smallest absolute Gasteiger partial charge is 0.341 e. The number of esters is 1. The highest BCUT2D eigenvalue weighted by Crippen LogP contribution is 2.11. The van der Waals surface area contributed by atoms with Crippen LogP contribution in [0.3, 0.4) is 0 Å². The van der Waals surface area contributed by atoms with Crippen LogP contribution < -0.4 is 16.4 Å². The van der Waals surface area contributed by atoms with Gasteiger partial charge in [0.15, 0.2) is 0 Å².